The van der Waals surface area contributed by atoms with Crippen molar-refractivity contribution in [2.45, 2.75) is 26.3 Å². The molecule has 2 aromatic heterocycles. The molecule has 0 amide bonds. The predicted molar refractivity (Wildman–Crippen MR) is 77.5 cm³/mol. The second-order valence-electron chi connectivity index (χ2n) is 4.91. The molecule has 106 valence electrons. The molecule has 5 nitrogen and oxygen atoms in total. The van der Waals surface area contributed by atoms with Gasteiger partial charge >= 0.3 is 5.97 Å². The van der Waals surface area contributed by atoms with Gasteiger partial charge in [0.05, 0.1) is 12.3 Å². The number of nitrogens with two attached hydrogens (primary N) is 1. The van der Waals surface area contributed by atoms with Crippen LogP contribution in [0.4, 0.5) is 5.69 Å². The Bertz CT molecular complexity index is 576. The van der Waals surface area contributed by atoms with Crippen LogP contribution < -0.4 is 5.73 Å². The van der Waals surface area contributed by atoms with E-state index in [0.29, 0.717) is 24.4 Å². The predicted octanol–water partition coefficient (Wildman–Crippen LogP) is 2.45. The summed E-state index contributed by atoms with van der Waals surface area (Å²) < 4.78 is 7.11. The van der Waals surface area contributed by atoms with E-state index < -0.39 is 0 Å². The second kappa shape index (κ2) is 6.23. The van der Waals surface area contributed by atoms with Gasteiger partial charge in [-0.25, -0.2) is 4.79 Å². The Morgan fingerprint density at radius 1 is 1.50 bits per heavy atom. The lowest BCUT2D eigenvalue weighted by Crippen LogP contribution is -2.14. The topological polar surface area (TPSA) is 70.1 Å². The first-order valence-corrected chi connectivity index (χ1v) is 6.61. The van der Waals surface area contributed by atoms with Crippen LogP contribution in [0, 0.1) is 0 Å². The van der Waals surface area contributed by atoms with Gasteiger partial charge in [0, 0.05) is 31.1 Å². The summed E-state index contributed by atoms with van der Waals surface area (Å²) >= 11 is 0. The number of ether oxygens (including phenoxy) is 1. The van der Waals surface area contributed by atoms with Crippen molar-refractivity contribution in [3.05, 3.63) is 48.0 Å². The van der Waals surface area contributed by atoms with E-state index in [4.69, 9.17) is 10.5 Å². The van der Waals surface area contributed by atoms with Crippen LogP contribution in [0.1, 0.15) is 35.9 Å². The highest BCUT2D eigenvalue weighted by Crippen LogP contribution is 2.17. The molecule has 0 atom stereocenters. The number of nitrogen functional groups attached to an aromatic ring is 1. The highest BCUT2D eigenvalue weighted by Gasteiger charge is 2.16. The minimum Gasteiger partial charge on any atom is -0.461 e. The van der Waals surface area contributed by atoms with Crippen molar-refractivity contribution in [3.63, 3.8) is 0 Å². The van der Waals surface area contributed by atoms with Gasteiger partial charge in [0.15, 0.2) is 0 Å². The Morgan fingerprint density at radius 3 is 2.95 bits per heavy atom. The van der Waals surface area contributed by atoms with Gasteiger partial charge in [-0.3, -0.25) is 4.98 Å². The van der Waals surface area contributed by atoms with Gasteiger partial charge in [-0.05, 0) is 31.5 Å². The average molecular weight is 273 g/mol. The lowest BCUT2D eigenvalue weighted by Gasteiger charge is -2.12. The van der Waals surface area contributed by atoms with Crippen molar-refractivity contribution < 1.29 is 9.53 Å². The Morgan fingerprint density at radius 2 is 2.30 bits per heavy atom. The molecular formula is C15H19N3O2. The third kappa shape index (κ3) is 3.38. The second-order valence-corrected chi connectivity index (χ2v) is 4.91. The van der Waals surface area contributed by atoms with Crippen LogP contribution in [-0.4, -0.2) is 22.1 Å². The van der Waals surface area contributed by atoms with Crippen molar-refractivity contribution in [1.82, 2.24) is 9.55 Å². The monoisotopic (exact) mass is 273 g/mol. The zero-order chi connectivity index (χ0) is 14.5. The Hall–Kier alpha value is -2.30. The molecule has 0 fully saturated rings. The number of nitrogens with zero attached hydrogens (tertiary/aromatic N) is 2. The van der Waals surface area contributed by atoms with Crippen LogP contribution in [-0.2, 0) is 11.2 Å². The fourth-order valence-electron chi connectivity index (χ4n) is 1.97. The average Bonchev–Trinajstić information content (AvgIpc) is 2.82. The number of anilines is 1. The van der Waals surface area contributed by atoms with Crippen LogP contribution in [0.25, 0.3) is 0 Å². The first-order chi connectivity index (χ1) is 9.58. The standard InChI is InChI=1S/C15H19N3O2/c1-11(2)18-10-13(16)8-14(18)15(19)20-7-5-12-4-3-6-17-9-12/h3-4,6,8-11H,5,7,16H2,1-2H3. The van der Waals surface area contributed by atoms with Gasteiger partial charge in [0.2, 0.25) is 0 Å². The number of rotatable bonds is 5. The first kappa shape index (κ1) is 14.1. The number of hydrogen-bond donors (Lipinski definition) is 1. The molecule has 5 heteroatoms. The van der Waals surface area contributed by atoms with Crippen molar-refractivity contribution in [2.75, 3.05) is 12.3 Å². The van der Waals surface area contributed by atoms with E-state index in [1.54, 1.807) is 24.7 Å². The molecule has 2 rings (SSSR count). The van der Waals surface area contributed by atoms with Crippen LogP contribution in [0.5, 0.6) is 0 Å². The zero-order valence-corrected chi connectivity index (χ0v) is 11.7. The third-order valence-corrected chi connectivity index (χ3v) is 2.98. The van der Waals surface area contributed by atoms with Gasteiger partial charge in [-0.1, -0.05) is 6.07 Å². The molecule has 0 radical (unpaired) electrons. The van der Waals surface area contributed by atoms with Crippen molar-refractivity contribution in [3.8, 4) is 0 Å². The van der Waals surface area contributed by atoms with Gasteiger partial charge in [0.25, 0.3) is 0 Å². The number of esters is 1. The summed E-state index contributed by atoms with van der Waals surface area (Å²) in [5.74, 6) is -0.348. The molecular weight excluding hydrogens is 254 g/mol. The molecule has 0 bridgehead atoms. The van der Waals surface area contributed by atoms with E-state index in [2.05, 4.69) is 4.98 Å². The summed E-state index contributed by atoms with van der Waals surface area (Å²) in [4.78, 5) is 16.1. The summed E-state index contributed by atoms with van der Waals surface area (Å²) in [6.45, 7) is 4.31. The van der Waals surface area contributed by atoms with Gasteiger partial charge < -0.3 is 15.0 Å². The highest BCUT2D eigenvalue weighted by atomic mass is 16.5. The van der Waals surface area contributed by atoms with E-state index >= 15 is 0 Å². The van der Waals surface area contributed by atoms with Crippen LogP contribution in [0.2, 0.25) is 0 Å². The highest BCUT2D eigenvalue weighted by molar-refractivity contribution is 5.89. The van der Waals surface area contributed by atoms with E-state index in [0.717, 1.165) is 5.56 Å². The molecule has 20 heavy (non-hydrogen) atoms. The Kier molecular flexibility index (Phi) is 4.40. The molecule has 0 aliphatic carbocycles. The maximum atomic E-state index is 12.1. The maximum absolute atomic E-state index is 12.1. The SMILES string of the molecule is CC(C)n1cc(N)cc1C(=O)OCCc1cccnc1. The number of carbonyl (C=O) groups is 1. The van der Waals surface area contributed by atoms with Crippen LogP contribution in [0.3, 0.4) is 0 Å². The fraction of sp³-hybridized carbons (Fsp3) is 0.333. The largest absolute Gasteiger partial charge is 0.461 e. The normalized spacial score (nSPS) is 10.8. The molecule has 0 saturated carbocycles. The molecule has 2 N–H and O–H groups in total. The smallest absolute Gasteiger partial charge is 0.355 e. The lowest BCUT2D eigenvalue weighted by molar-refractivity contribution is 0.0495. The molecule has 0 aliphatic rings. The van der Waals surface area contributed by atoms with Gasteiger partial charge in [-0.15, -0.1) is 0 Å². The molecule has 2 heterocycles. The fourth-order valence-corrected chi connectivity index (χ4v) is 1.97. The Balaban J connectivity index is 1.95. The summed E-state index contributed by atoms with van der Waals surface area (Å²) in [7, 11) is 0. The van der Waals surface area contributed by atoms with Crippen LogP contribution in [0.15, 0.2) is 36.8 Å². The molecule has 0 saturated heterocycles. The molecule has 2 aromatic rings. The van der Waals surface area contributed by atoms with Crippen molar-refractivity contribution in [2.24, 2.45) is 0 Å². The summed E-state index contributed by atoms with van der Waals surface area (Å²) in [6.07, 6.45) is 5.89. The van der Waals surface area contributed by atoms with Crippen molar-refractivity contribution >= 4 is 11.7 Å². The molecule has 0 unspecified atom stereocenters. The molecule has 0 aliphatic heterocycles. The van der Waals surface area contributed by atoms with Crippen molar-refractivity contribution in [1.29, 1.82) is 0 Å². The summed E-state index contributed by atoms with van der Waals surface area (Å²) in [5.41, 5.74) is 7.84. The van der Waals surface area contributed by atoms with Crippen LogP contribution >= 0.6 is 0 Å². The number of pyridine rings is 1. The molecule has 0 aromatic carbocycles. The maximum Gasteiger partial charge on any atom is 0.355 e. The summed E-state index contributed by atoms with van der Waals surface area (Å²) in [5, 5.41) is 0. The van der Waals surface area contributed by atoms with Gasteiger partial charge in [-0.2, -0.15) is 0 Å². The number of carbonyl (C=O) groups excluding carboxylic acids is 1. The van der Waals surface area contributed by atoms with E-state index in [9.17, 15) is 4.79 Å². The number of aromatic nitrogens is 2. The minimum absolute atomic E-state index is 0.160. The first-order valence-electron chi connectivity index (χ1n) is 6.61. The number of hydrogen-bond acceptors (Lipinski definition) is 4. The minimum atomic E-state index is -0.348. The zero-order valence-electron chi connectivity index (χ0n) is 11.7. The van der Waals surface area contributed by atoms with E-state index in [1.165, 1.54) is 0 Å². The van der Waals surface area contributed by atoms with E-state index in [1.807, 2.05) is 30.5 Å². The Labute approximate surface area is 118 Å². The third-order valence-electron chi connectivity index (χ3n) is 2.98. The quantitative estimate of drug-likeness (QED) is 0.849. The van der Waals surface area contributed by atoms with E-state index in [-0.39, 0.29) is 12.0 Å². The molecule has 0 spiro atoms. The summed E-state index contributed by atoms with van der Waals surface area (Å²) in [6, 6.07) is 5.62. The lowest BCUT2D eigenvalue weighted by atomic mass is 10.2. The van der Waals surface area contributed by atoms with Gasteiger partial charge in [0.1, 0.15) is 5.69 Å².